The average Bonchev–Trinajstić information content (AvgIpc) is 3.19. The van der Waals surface area contributed by atoms with Crippen LogP contribution < -0.4 is 0 Å². The van der Waals surface area contributed by atoms with E-state index < -0.39 is 0 Å². The Bertz CT molecular complexity index is 867. The Balaban J connectivity index is 1.71. The lowest BCUT2D eigenvalue weighted by Gasteiger charge is -2.44. The zero-order valence-corrected chi connectivity index (χ0v) is 13.8. The van der Waals surface area contributed by atoms with Crippen LogP contribution >= 0.6 is 0 Å². The van der Waals surface area contributed by atoms with Crippen LogP contribution in [0.3, 0.4) is 0 Å². The van der Waals surface area contributed by atoms with Gasteiger partial charge in [0, 0.05) is 35.5 Å². The SMILES string of the molecule is CC(C)c1nc2c(ccc3[nH]cc(C4CN5CCC4CC5)c32)o1. The van der Waals surface area contributed by atoms with E-state index in [0.29, 0.717) is 11.8 Å². The van der Waals surface area contributed by atoms with Gasteiger partial charge in [-0.25, -0.2) is 4.98 Å². The largest absolute Gasteiger partial charge is 0.440 e. The first-order valence-electron chi connectivity index (χ1n) is 8.83. The van der Waals surface area contributed by atoms with Gasteiger partial charge in [0.25, 0.3) is 0 Å². The van der Waals surface area contributed by atoms with Gasteiger partial charge in [-0.05, 0) is 49.5 Å². The number of piperidine rings is 3. The number of hydrogen-bond acceptors (Lipinski definition) is 3. The van der Waals surface area contributed by atoms with Gasteiger partial charge < -0.3 is 14.3 Å². The maximum absolute atomic E-state index is 5.98. The Hall–Kier alpha value is -1.81. The van der Waals surface area contributed by atoms with E-state index in [0.717, 1.165) is 22.9 Å². The molecule has 0 spiro atoms. The van der Waals surface area contributed by atoms with Crippen molar-refractivity contribution in [2.45, 2.75) is 38.5 Å². The summed E-state index contributed by atoms with van der Waals surface area (Å²) in [4.78, 5) is 10.9. The second-order valence-corrected chi connectivity index (χ2v) is 7.53. The van der Waals surface area contributed by atoms with Crippen LogP contribution in [0.4, 0.5) is 0 Å². The maximum atomic E-state index is 5.98. The molecule has 3 aromatic rings. The van der Waals surface area contributed by atoms with Gasteiger partial charge in [0.1, 0.15) is 5.52 Å². The summed E-state index contributed by atoms with van der Waals surface area (Å²) in [7, 11) is 0. The normalized spacial score (nSPS) is 27.5. The van der Waals surface area contributed by atoms with Crippen molar-refractivity contribution < 1.29 is 4.42 Å². The summed E-state index contributed by atoms with van der Waals surface area (Å²) in [6, 6.07) is 4.19. The van der Waals surface area contributed by atoms with E-state index in [1.165, 1.54) is 48.9 Å². The quantitative estimate of drug-likeness (QED) is 0.770. The van der Waals surface area contributed by atoms with Crippen molar-refractivity contribution in [3.8, 4) is 0 Å². The van der Waals surface area contributed by atoms with Gasteiger partial charge in [0.15, 0.2) is 11.5 Å². The molecular weight excluding hydrogens is 286 g/mol. The Morgan fingerprint density at radius 1 is 1.26 bits per heavy atom. The highest BCUT2D eigenvalue weighted by atomic mass is 16.3. The van der Waals surface area contributed by atoms with Gasteiger partial charge in [-0.15, -0.1) is 0 Å². The number of nitrogens with one attached hydrogen (secondary N) is 1. The van der Waals surface area contributed by atoms with E-state index >= 15 is 0 Å². The van der Waals surface area contributed by atoms with E-state index in [1.54, 1.807) is 0 Å². The van der Waals surface area contributed by atoms with Gasteiger partial charge in [0.05, 0.1) is 0 Å². The number of aromatic amines is 1. The van der Waals surface area contributed by atoms with Gasteiger partial charge in [-0.1, -0.05) is 13.8 Å². The second-order valence-electron chi connectivity index (χ2n) is 7.53. The van der Waals surface area contributed by atoms with Crippen LogP contribution in [0.25, 0.3) is 22.0 Å². The number of H-pyrrole nitrogens is 1. The minimum absolute atomic E-state index is 0.316. The monoisotopic (exact) mass is 309 g/mol. The summed E-state index contributed by atoms with van der Waals surface area (Å²) in [5, 5.41) is 1.29. The minimum atomic E-state index is 0.316. The summed E-state index contributed by atoms with van der Waals surface area (Å²) >= 11 is 0. The fraction of sp³-hybridized carbons (Fsp3) is 0.526. The first-order valence-corrected chi connectivity index (χ1v) is 8.83. The Labute approximate surface area is 135 Å². The smallest absolute Gasteiger partial charge is 0.198 e. The topological polar surface area (TPSA) is 45.1 Å². The van der Waals surface area contributed by atoms with Crippen LogP contribution in [0, 0.1) is 5.92 Å². The van der Waals surface area contributed by atoms with E-state index in [2.05, 4.69) is 36.0 Å². The number of oxazole rings is 1. The van der Waals surface area contributed by atoms with Crippen LogP contribution in [0.15, 0.2) is 22.7 Å². The van der Waals surface area contributed by atoms with Crippen molar-refractivity contribution in [3.63, 3.8) is 0 Å². The molecule has 3 saturated heterocycles. The molecule has 3 aliphatic heterocycles. The molecule has 1 unspecified atom stereocenters. The molecule has 120 valence electrons. The Morgan fingerprint density at radius 3 is 2.78 bits per heavy atom. The van der Waals surface area contributed by atoms with Gasteiger partial charge in [0.2, 0.25) is 0 Å². The molecule has 6 rings (SSSR count). The molecule has 3 aliphatic rings. The molecule has 0 saturated carbocycles. The summed E-state index contributed by atoms with van der Waals surface area (Å²) in [6.07, 6.45) is 4.90. The predicted molar refractivity (Wildman–Crippen MR) is 91.9 cm³/mol. The predicted octanol–water partition coefficient (Wildman–Crippen LogP) is 4.24. The molecule has 4 nitrogen and oxygen atoms in total. The highest BCUT2D eigenvalue weighted by molar-refractivity contribution is 6.04. The Kier molecular flexibility index (Phi) is 2.87. The van der Waals surface area contributed by atoms with Crippen LogP contribution in [0.1, 0.15) is 50.0 Å². The zero-order chi connectivity index (χ0) is 15.6. The number of rotatable bonds is 2. The van der Waals surface area contributed by atoms with Crippen molar-refractivity contribution in [1.82, 2.24) is 14.9 Å². The summed E-state index contributed by atoms with van der Waals surface area (Å²) in [5.74, 6) is 2.62. The van der Waals surface area contributed by atoms with Gasteiger partial charge in [-0.2, -0.15) is 0 Å². The molecule has 1 atom stereocenters. The van der Waals surface area contributed by atoms with Gasteiger partial charge >= 0.3 is 0 Å². The molecule has 5 heterocycles. The second kappa shape index (κ2) is 4.84. The molecule has 3 fully saturated rings. The van der Waals surface area contributed by atoms with E-state index in [-0.39, 0.29) is 0 Å². The summed E-state index contributed by atoms with van der Waals surface area (Å²) < 4.78 is 5.98. The fourth-order valence-electron chi connectivity index (χ4n) is 4.51. The maximum Gasteiger partial charge on any atom is 0.198 e. The van der Waals surface area contributed by atoms with Crippen LogP contribution in [-0.4, -0.2) is 34.5 Å². The average molecular weight is 309 g/mol. The van der Waals surface area contributed by atoms with Gasteiger partial charge in [-0.3, -0.25) is 0 Å². The molecule has 4 heteroatoms. The molecule has 1 aromatic carbocycles. The van der Waals surface area contributed by atoms with Crippen molar-refractivity contribution in [2.75, 3.05) is 19.6 Å². The number of hydrogen-bond donors (Lipinski definition) is 1. The molecule has 2 bridgehead atoms. The van der Waals surface area contributed by atoms with Crippen LogP contribution in [0.5, 0.6) is 0 Å². The fourth-order valence-corrected chi connectivity index (χ4v) is 4.51. The molecule has 0 radical (unpaired) electrons. The zero-order valence-electron chi connectivity index (χ0n) is 13.8. The molecule has 2 aromatic heterocycles. The van der Waals surface area contributed by atoms with Crippen molar-refractivity contribution in [1.29, 1.82) is 0 Å². The molecule has 0 amide bonds. The van der Waals surface area contributed by atoms with E-state index in [1.807, 2.05) is 6.07 Å². The van der Waals surface area contributed by atoms with Crippen molar-refractivity contribution >= 4 is 22.0 Å². The molecular formula is C19H23N3O. The van der Waals surface area contributed by atoms with Crippen molar-refractivity contribution in [3.05, 3.63) is 29.8 Å². The first kappa shape index (κ1) is 13.6. The number of fused-ring (bicyclic) bond motifs is 6. The number of benzene rings is 1. The third-order valence-corrected chi connectivity index (χ3v) is 5.80. The lowest BCUT2D eigenvalue weighted by Crippen LogP contribution is -2.46. The first-order chi connectivity index (χ1) is 11.2. The lowest BCUT2D eigenvalue weighted by molar-refractivity contribution is 0.0877. The standard InChI is InChI=1S/C19H23N3O/c1-11(2)19-21-18-16(23-19)4-3-15-17(18)13(9-20-15)14-10-22-7-5-12(14)6-8-22/h3-4,9,11-12,14,20H,5-8,10H2,1-2H3. The number of nitrogens with zero attached hydrogens (tertiary/aromatic N) is 2. The summed E-state index contributed by atoms with van der Waals surface area (Å²) in [6.45, 7) is 8.02. The molecule has 0 aliphatic carbocycles. The minimum Gasteiger partial charge on any atom is -0.440 e. The van der Waals surface area contributed by atoms with Crippen molar-refractivity contribution in [2.24, 2.45) is 5.92 Å². The highest BCUT2D eigenvalue weighted by Crippen LogP contribution is 2.43. The van der Waals surface area contributed by atoms with E-state index in [4.69, 9.17) is 9.40 Å². The van der Waals surface area contributed by atoms with Crippen LogP contribution in [-0.2, 0) is 0 Å². The van der Waals surface area contributed by atoms with Crippen LogP contribution in [0.2, 0.25) is 0 Å². The lowest BCUT2D eigenvalue weighted by atomic mass is 9.75. The Morgan fingerprint density at radius 2 is 2.09 bits per heavy atom. The molecule has 23 heavy (non-hydrogen) atoms. The number of aromatic nitrogens is 2. The summed E-state index contributed by atoms with van der Waals surface area (Å²) in [5.41, 5.74) is 4.60. The molecule has 1 N–H and O–H groups in total. The highest BCUT2D eigenvalue weighted by Gasteiger charge is 2.36. The third kappa shape index (κ3) is 1.97. The third-order valence-electron chi connectivity index (χ3n) is 5.80. The van der Waals surface area contributed by atoms with E-state index in [9.17, 15) is 0 Å².